The number of carbonyl (C=O) groups is 2. The molecular formula is C38H42FN3O4S. The zero-order chi connectivity index (χ0) is 33.4. The first-order chi connectivity index (χ1) is 22.6. The summed E-state index contributed by atoms with van der Waals surface area (Å²) in [4.78, 5) is 30.3. The first-order valence-corrected chi connectivity index (χ1v) is 17.6. The van der Waals surface area contributed by atoms with Crippen molar-refractivity contribution in [3.63, 3.8) is 0 Å². The summed E-state index contributed by atoms with van der Waals surface area (Å²) in [6.07, 6.45) is 5.13. The number of anilines is 1. The van der Waals surface area contributed by atoms with E-state index in [9.17, 15) is 22.4 Å². The predicted molar refractivity (Wildman–Crippen MR) is 183 cm³/mol. The van der Waals surface area contributed by atoms with Gasteiger partial charge in [0.25, 0.3) is 10.0 Å². The number of halogens is 1. The minimum atomic E-state index is -4.19. The Labute approximate surface area is 277 Å². The minimum absolute atomic E-state index is 0.00228. The maximum Gasteiger partial charge on any atom is 0.264 e. The van der Waals surface area contributed by atoms with Crippen LogP contribution in [0.25, 0.3) is 0 Å². The lowest BCUT2D eigenvalue weighted by molar-refractivity contribution is -0.140. The number of carbonyl (C=O) groups excluding carboxylic acids is 2. The van der Waals surface area contributed by atoms with Gasteiger partial charge < -0.3 is 10.2 Å². The van der Waals surface area contributed by atoms with E-state index in [1.54, 1.807) is 36.4 Å². The van der Waals surface area contributed by atoms with E-state index in [2.05, 4.69) is 5.32 Å². The second-order valence-corrected chi connectivity index (χ2v) is 14.2. The van der Waals surface area contributed by atoms with E-state index >= 15 is 0 Å². The zero-order valence-corrected chi connectivity index (χ0v) is 27.8. The molecular weight excluding hydrogens is 614 g/mol. The van der Waals surface area contributed by atoms with Gasteiger partial charge in [-0.1, -0.05) is 97.6 Å². The Kier molecular flexibility index (Phi) is 11.1. The zero-order valence-electron chi connectivity index (χ0n) is 26.9. The highest BCUT2D eigenvalue weighted by atomic mass is 32.2. The molecule has 47 heavy (non-hydrogen) atoms. The standard InChI is InChI=1S/C38H42FN3O4S/c1-28-18-23-35(29(2)24-28)42(47(45,46)34-16-10-5-11-17-34)27-37(43)41(26-31-19-21-32(39)22-20-31)36(25-30-12-6-3-7-13-30)38(44)40-33-14-8-4-9-15-33/h3,5-7,10-13,16-24,33,36H,4,8-9,14-15,25-27H2,1-2H3,(H,40,44). The summed E-state index contributed by atoms with van der Waals surface area (Å²) in [5.41, 5.74) is 3.50. The van der Waals surface area contributed by atoms with E-state index in [4.69, 9.17) is 0 Å². The molecule has 0 radical (unpaired) electrons. The first kappa shape index (κ1) is 33.9. The molecule has 4 aromatic carbocycles. The third kappa shape index (κ3) is 8.65. The number of amides is 2. The lowest BCUT2D eigenvalue weighted by atomic mass is 9.94. The van der Waals surface area contributed by atoms with Crippen LogP contribution in [0.5, 0.6) is 0 Å². The summed E-state index contributed by atoms with van der Waals surface area (Å²) < 4.78 is 43.5. The van der Waals surface area contributed by atoms with E-state index in [0.29, 0.717) is 16.8 Å². The van der Waals surface area contributed by atoms with Crippen molar-refractivity contribution in [3.05, 3.63) is 131 Å². The largest absolute Gasteiger partial charge is 0.352 e. The highest BCUT2D eigenvalue weighted by Crippen LogP contribution is 2.29. The van der Waals surface area contributed by atoms with Crippen molar-refractivity contribution in [1.29, 1.82) is 0 Å². The highest BCUT2D eigenvalue weighted by Gasteiger charge is 2.35. The fraction of sp³-hybridized carbons (Fsp3) is 0.316. The van der Waals surface area contributed by atoms with Gasteiger partial charge in [-0.15, -0.1) is 0 Å². The molecule has 246 valence electrons. The molecule has 1 saturated carbocycles. The van der Waals surface area contributed by atoms with E-state index < -0.39 is 34.3 Å². The number of benzene rings is 4. The van der Waals surface area contributed by atoms with Crippen LogP contribution in [0.15, 0.2) is 108 Å². The Hall–Kier alpha value is -4.50. The van der Waals surface area contributed by atoms with Gasteiger partial charge in [-0.05, 0) is 73.7 Å². The van der Waals surface area contributed by atoms with Gasteiger partial charge in [0.2, 0.25) is 11.8 Å². The van der Waals surface area contributed by atoms with Crippen LogP contribution in [0.3, 0.4) is 0 Å². The maximum absolute atomic E-state index is 14.6. The summed E-state index contributed by atoms with van der Waals surface area (Å²) in [5, 5.41) is 3.20. The summed E-state index contributed by atoms with van der Waals surface area (Å²) >= 11 is 0. The average Bonchev–Trinajstić information content (AvgIpc) is 3.07. The van der Waals surface area contributed by atoms with Crippen LogP contribution in [0.4, 0.5) is 10.1 Å². The first-order valence-electron chi connectivity index (χ1n) is 16.1. The molecule has 5 rings (SSSR count). The van der Waals surface area contributed by atoms with Gasteiger partial charge >= 0.3 is 0 Å². The number of hydrogen-bond donors (Lipinski definition) is 1. The molecule has 0 heterocycles. The van der Waals surface area contributed by atoms with Crippen LogP contribution < -0.4 is 9.62 Å². The number of aryl methyl sites for hydroxylation is 2. The number of nitrogens with zero attached hydrogens (tertiary/aromatic N) is 2. The summed E-state index contributed by atoms with van der Waals surface area (Å²) in [6.45, 7) is 3.18. The van der Waals surface area contributed by atoms with Crippen LogP contribution in [0.1, 0.15) is 54.4 Å². The highest BCUT2D eigenvalue weighted by molar-refractivity contribution is 7.92. The SMILES string of the molecule is Cc1ccc(N(CC(=O)N(Cc2ccc(F)cc2)C(Cc2ccccc2)C(=O)NC2CCCCC2)S(=O)(=O)c2ccccc2)c(C)c1. The van der Waals surface area contributed by atoms with Crippen LogP contribution in [-0.2, 0) is 32.6 Å². The Balaban J connectivity index is 1.57. The number of rotatable bonds is 12. The Bertz CT molecular complexity index is 1760. The fourth-order valence-corrected chi connectivity index (χ4v) is 7.70. The molecule has 1 unspecified atom stereocenters. The van der Waals surface area contributed by atoms with Crippen molar-refractivity contribution in [2.45, 2.75) is 75.9 Å². The van der Waals surface area contributed by atoms with Crippen LogP contribution >= 0.6 is 0 Å². The monoisotopic (exact) mass is 655 g/mol. The predicted octanol–water partition coefficient (Wildman–Crippen LogP) is 6.73. The second kappa shape index (κ2) is 15.4. The lowest BCUT2D eigenvalue weighted by Crippen LogP contribution is -2.55. The van der Waals surface area contributed by atoms with Crippen LogP contribution in [0, 0.1) is 19.7 Å². The van der Waals surface area contributed by atoms with E-state index in [-0.39, 0.29) is 29.8 Å². The molecule has 2 amide bonds. The molecule has 0 saturated heterocycles. The normalized spacial score (nSPS) is 14.3. The van der Waals surface area contributed by atoms with E-state index in [0.717, 1.165) is 47.5 Å². The fourth-order valence-electron chi connectivity index (χ4n) is 6.20. The molecule has 1 fully saturated rings. The van der Waals surface area contributed by atoms with Crippen LogP contribution in [0.2, 0.25) is 0 Å². The van der Waals surface area contributed by atoms with Crippen molar-refractivity contribution in [2.75, 3.05) is 10.8 Å². The molecule has 0 bridgehead atoms. The second-order valence-electron chi connectivity index (χ2n) is 12.3. The van der Waals surface area contributed by atoms with Gasteiger partial charge in [0.15, 0.2) is 0 Å². The number of sulfonamides is 1. The van der Waals surface area contributed by atoms with Crippen molar-refractivity contribution in [2.24, 2.45) is 0 Å². The quantitative estimate of drug-likeness (QED) is 0.184. The molecule has 9 heteroatoms. The molecule has 1 aliphatic rings. The number of nitrogens with one attached hydrogen (secondary N) is 1. The van der Waals surface area contributed by atoms with Gasteiger partial charge in [-0.25, -0.2) is 12.8 Å². The summed E-state index contributed by atoms with van der Waals surface area (Å²) in [6, 6.07) is 27.7. The smallest absolute Gasteiger partial charge is 0.264 e. The third-order valence-corrected chi connectivity index (χ3v) is 10.5. The lowest BCUT2D eigenvalue weighted by Gasteiger charge is -2.35. The van der Waals surface area contributed by atoms with Gasteiger partial charge in [-0.2, -0.15) is 0 Å². The van der Waals surface area contributed by atoms with E-state index in [1.807, 2.05) is 56.3 Å². The molecule has 1 N–H and O–H groups in total. The van der Waals surface area contributed by atoms with Gasteiger partial charge in [0.1, 0.15) is 18.4 Å². The molecule has 0 aliphatic heterocycles. The molecule has 1 aliphatic carbocycles. The van der Waals surface area contributed by atoms with Crippen molar-refractivity contribution in [1.82, 2.24) is 10.2 Å². The molecule has 7 nitrogen and oxygen atoms in total. The number of hydrogen-bond acceptors (Lipinski definition) is 4. The van der Waals surface area contributed by atoms with Crippen LogP contribution in [-0.4, -0.2) is 43.8 Å². The summed E-state index contributed by atoms with van der Waals surface area (Å²) in [7, 11) is -4.19. The van der Waals surface area contributed by atoms with Gasteiger partial charge in [0, 0.05) is 19.0 Å². The Morgan fingerprint density at radius 1 is 0.830 bits per heavy atom. The van der Waals surface area contributed by atoms with Crippen molar-refractivity contribution in [3.8, 4) is 0 Å². The van der Waals surface area contributed by atoms with Gasteiger partial charge in [-0.3, -0.25) is 13.9 Å². The third-order valence-electron chi connectivity index (χ3n) is 8.72. The molecule has 4 aromatic rings. The Morgan fingerprint density at radius 2 is 1.47 bits per heavy atom. The van der Waals surface area contributed by atoms with Crippen molar-refractivity contribution < 1.29 is 22.4 Å². The molecule has 0 spiro atoms. The van der Waals surface area contributed by atoms with Gasteiger partial charge in [0.05, 0.1) is 10.6 Å². The summed E-state index contributed by atoms with van der Waals surface area (Å²) in [5.74, 6) is -1.26. The van der Waals surface area contributed by atoms with Crippen molar-refractivity contribution >= 4 is 27.5 Å². The maximum atomic E-state index is 14.6. The average molecular weight is 656 g/mol. The topological polar surface area (TPSA) is 86.8 Å². The molecule has 1 atom stereocenters. The Morgan fingerprint density at radius 3 is 2.11 bits per heavy atom. The minimum Gasteiger partial charge on any atom is -0.352 e. The molecule has 0 aromatic heterocycles. The van der Waals surface area contributed by atoms with E-state index in [1.165, 1.54) is 29.2 Å².